The largest absolute Gasteiger partial charge is 0.439 e. The molecular weight excluding hydrogens is 240 g/mol. The molecule has 2 N–H and O–H groups in total. The number of aliphatic hydroxyl groups is 1. The minimum atomic E-state index is 0.0354. The summed E-state index contributed by atoms with van der Waals surface area (Å²) in [6.07, 6.45) is 1.74. The van der Waals surface area contributed by atoms with Gasteiger partial charge in [-0.15, -0.1) is 0 Å². The van der Waals surface area contributed by atoms with Gasteiger partial charge in [0.25, 0.3) is 0 Å². The molecular formula is C15H18N2O2. The summed E-state index contributed by atoms with van der Waals surface area (Å²) < 4.78 is 5.69. The Bertz CT molecular complexity index is 526. The number of nitrogens with zero attached hydrogens (tertiary/aromatic N) is 1. The second-order valence-electron chi connectivity index (χ2n) is 4.34. The minimum absolute atomic E-state index is 0.0354. The number of aliphatic hydroxyl groups excluding tert-OH is 1. The normalized spacial score (nSPS) is 12.2. The lowest BCUT2D eigenvalue weighted by Gasteiger charge is -2.12. The first-order chi connectivity index (χ1) is 9.22. The van der Waals surface area contributed by atoms with Gasteiger partial charge in [0.05, 0.1) is 6.61 Å². The van der Waals surface area contributed by atoms with E-state index in [9.17, 15) is 0 Å². The lowest BCUT2D eigenvalue weighted by molar-refractivity contribution is 0.281. The lowest BCUT2D eigenvalue weighted by Crippen LogP contribution is -2.12. The highest BCUT2D eigenvalue weighted by Gasteiger charge is 2.05. The maximum Gasteiger partial charge on any atom is 0.219 e. The van der Waals surface area contributed by atoms with Gasteiger partial charge in [0.2, 0.25) is 5.88 Å². The highest BCUT2D eigenvalue weighted by Crippen LogP contribution is 2.22. The fraction of sp³-hybridized carbons (Fsp3) is 0.267. The molecule has 0 aliphatic carbocycles. The predicted molar refractivity (Wildman–Crippen MR) is 74.2 cm³/mol. The van der Waals surface area contributed by atoms with Crippen LogP contribution in [-0.2, 0) is 6.61 Å². The fourth-order valence-corrected chi connectivity index (χ4v) is 1.70. The molecule has 1 heterocycles. The van der Waals surface area contributed by atoms with Crippen LogP contribution in [0.25, 0.3) is 0 Å². The minimum Gasteiger partial charge on any atom is -0.439 e. The maximum absolute atomic E-state index is 8.98. The average molecular weight is 258 g/mol. The molecule has 0 spiro atoms. The monoisotopic (exact) mass is 258 g/mol. The molecule has 1 atom stereocenters. The van der Waals surface area contributed by atoms with Crippen molar-refractivity contribution >= 4 is 0 Å². The molecule has 0 aliphatic rings. The van der Waals surface area contributed by atoms with Gasteiger partial charge in [0.15, 0.2) is 0 Å². The molecule has 0 amide bonds. The van der Waals surface area contributed by atoms with Gasteiger partial charge < -0.3 is 15.2 Å². The van der Waals surface area contributed by atoms with Crippen molar-refractivity contribution in [3.05, 3.63) is 53.7 Å². The van der Waals surface area contributed by atoms with E-state index >= 15 is 0 Å². The zero-order chi connectivity index (χ0) is 13.7. The summed E-state index contributed by atoms with van der Waals surface area (Å²) in [6, 6.07) is 11.4. The van der Waals surface area contributed by atoms with E-state index in [1.165, 1.54) is 0 Å². The number of hydrogen-bond acceptors (Lipinski definition) is 4. The van der Waals surface area contributed by atoms with E-state index in [1.807, 2.05) is 43.4 Å². The number of nitrogens with one attached hydrogen (secondary N) is 1. The van der Waals surface area contributed by atoms with E-state index in [4.69, 9.17) is 9.84 Å². The first-order valence-electron chi connectivity index (χ1n) is 6.24. The van der Waals surface area contributed by atoms with Crippen molar-refractivity contribution in [2.24, 2.45) is 0 Å². The summed E-state index contributed by atoms with van der Waals surface area (Å²) >= 11 is 0. The van der Waals surface area contributed by atoms with Crippen LogP contribution in [0.15, 0.2) is 42.6 Å². The number of ether oxygens (including phenoxy) is 1. The van der Waals surface area contributed by atoms with Gasteiger partial charge in [-0.1, -0.05) is 12.1 Å². The summed E-state index contributed by atoms with van der Waals surface area (Å²) in [7, 11) is 1.92. The summed E-state index contributed by atoms with van der Waals surface area (Å²) in [5.74, 6) is 1.27. The van der Waals surface area contributed by atoms with E-state index < -0.39 is 0 Å². The Kier molecular flexibility index (Phi) is 4.49. The number of pyridine rings is 1. The molecule has 2 rings (SSSR count). The van der Waals surface area contributed by atoms with Gasteiger partial charge in [-0.3, -0.25) is 0 Å². The second-order valence-corrected chi connectivity index (χ2v) is 4.34. The Morgan fingerprint density at radius 1 is 1.26 bits per heavy atom. The Labute approximate surface area is 113 Å². The average Bonchev–Trinajstić information content (AvgIpc) is 2.47. The van der Waals surface area contributed by atoms with Gasteiger partial charge in [-0.2, -0.15) is 0 Å². The first kappa shape index (κ1) is 13.5. The van der Waals surface area contributed by atoms with Crippen LogP contribution in [0, 0.1) is 0 Å². The van der Waals surface area contributed by atoms with Crippen LogP contribution in [0.3, 0.4) is 0 Å². The summed E-state index contributed by atoms with van der Waals surface area (Å²) in [5.41, 5.74) is 1.98. The van der Waals surface area contributed by atoms with Crippen LogP contribution in [0.2, 0.25) is 0 Å². The topological polar surface area (TPSA) is 54.4 Å². The van der Waals surface area contributed by atoms with E-state index in [2.05, 4.69) is 17.2 Å². The molecule has 0 fully saturated rings. The van der Waals surface area contributed by atoms with Crippen molar-refractivity contribution in [1.82, 2.24) is 10.3 Å². The summed E-state index contributed by atoms with van der Waals surface area (Å²) in [4.78, 5) is 4.19. The zero-order valence-electron chi connectivity index (χ0n) is 11.1. The molecule has 0 saturated carbocycles. The van der Waals surface area contributed by atoms with Crippen LogP contribution in [-0.4, -0.2) is 17.1 Å². The predicted octanol–water partition coefficient (Wildman–Crippen LogP) is 2.65. The van der Waals surface area contributed by atoms with Gasteiger partial charge in [0, 0.05) is 18.3 Å². The molecule has 2 aromatic rings. The van der Waals surface area contributed by atoms with Gasteiger partial charge in [0.1, 0.15) is 5.75 Å². The summed E-state index contributed by atoms with van der Waals surface area (Å²) in [5, 5.41) is 12.2. The number of rotatable bonds is 5. The Morgan fingerprint density at radius 3 is 2.63 bits per heavy atom. The summed E-state index contributed by atoms with van der Waals surface area (Å²) in [6.45, 7) is 2.11. The molecule has 100 valence electrons. The van der Waals surface area contributed by atoms with Gasteiger partial charge in [-0.05, 0) is 43.3 Å². The molecule has 0 bridgehead atoms. The van der Waals surface area contributed by atoms with Gasteiger partial charge in [-0.25, -0.2) is 4.98 Å². The molecule has 4 nitrogen and oxygen atoms in total. The standard InChI is InChI=1S/C15H18N2O2/c1-11(16-2)13-7-8-17-15(9-13)19-14-5-3-12(10-18)4-6-14/h3-9,11,16,18H,10H2,1-2H3. The van der Waals surface area contributed by atoms with Crippen molar-refractivity contribution in [3.63, 3.8) is 0 Å². The van der Waals surface area contributed by atoms with Crippen molar-refractivity contribution in [1.29, 1.82) is 0 Å². The Balaban J connectivity index is 2.13. The Morgan fingerprint density at radius 2 is 2.00 bits per heavy atom. The van der Waals surface area contributed by atoms with Crippen LogP contribution >= 0.6 is 0 Å². The van der Waals surface area contributed by atoms with E-state index in [1.54, 1.807) is 6.20 Å². The van der Waals surface area contributed by atoms with Crippen molar-refractivity contribution in [2.75, 3.05) is 7.05 Å². The number of hydrogen-bond donors (Lipinski definition) is 2. The molecule has 1 unspecified atom stereocenters. The molecule has 4 heteroatoms. The SMILES string of the molecule is CNC(C)c1ccnc(Oc2ccc(CO)cc2)c1. The van der Waals surface area contributed by atoms with Crippen molar-refractivity contribution < 1.29 is 9.84 Å². The third-order valence-electron chi connectivity index (χ3n) is 3.02. The quantitative estimate of drug-likeness (QED) is 0.865. The maximum atomic E-state index is 8.98. The molecule has 1 aromatic heterocycles. The number of aromatic nitrogens is 1. The highest BCUT2D eigenvalue weighted by molar-refractivity contribution is 5.32. The third-order valence-corrected chi connectivity index (χ3v) is 3.02. The van der Waals surface area contributed by atoms with E-state index in [0.717, 1.165) is 11.1 Å². The van der Waals surface area contributed by atoms with E-state index in [-0.39, 0.29) is 12.6 Å². The van der Waals surface area contributed by atoms with Crippen LogP contribution < -0.4 is 10.1 Å². The van der Waals surface area contributed by atoms with Crippen LogP contribution in [0.5, 0.6) is 11.6 Å². The van der Waals surface area contributed by atoms with Crippen molar-refractivity contribution in [2.45, 2.75) is 19.6 Å². The fourth-order valence-electron chi connectivity index (χ4n) is 1.70. The first-order valence-corrected chi connectivity index (χ1v) is 6.24. The molecule has 0 aliphatic heterocycles. The van der Waals surface area contributed by atoms with E-state index in [0.29, 0.717) is 11.6 Å². The second kappa shape index (κ2) is 6.31. The number of benzene rings is 1. The van der Waals surface area contributed by atoms with Crippen LogP contribution in [0.1, 0.15) is 24.1 Å². The lowest BCUT2D eigenvalue weighted by atomic mass is 10.1. The molecule has 0 saturated heterocycles. The molecule has 0 radical (unpaired) electrons. The van der Waals surface area contributed by atoms with Gasteiger partial charge >= 0.3 is 0 Å². The van der Waals surface area contributed by atoms with Crippen molar-refractivity contribution in [3.8, 4) is 11.6 Å². The Hall–Kier alpha value is -1.91. The molecule has 1 aromatic carbocycles. The highest BCUT2D eigenvalue weighted by atomic mass is 16.5. The smallest absolute Gasteiger partial charge is 0.219 e. The third kappa shape index (κ3) is 3.53. The molecule has 19 heavy (non-hydrogen) atoms. The van der Waals surface area contributed by atoms with Crippen LogP contribution in [0.4, 0.5) is 0 Å². The zero-order valence-corrected chi connectivity index (χ0v) is 11.1.